The molecular weight excluding hydrogens is 188 g/mol. The van der Waals surface area contributed by atoms with Crippen molar-refractivity contribution in [2.45, 2.75) is 18.9 Å². The molecule has 0 amide bonds. The standard InChI is InChI=1S/C12H20N2O/c1-12(10-15,14-9-5-8-13)11-6-3-2-4-7-11/h2-4,6-7,14-15H,5,8-10,13H2,1H3. The lowest BCUT2D eigenvalue weighted by Gasteiger charge is -2.29. The minimum Gasteiger partial charge on any atom is -0.394 e. The molecule has 3 nitrogen and oxygen atoms in total. The Morgan fingerprint density at radius 3 is 2.53 bits per heavy atom. The van der Waals surface area contributed by atoms with Gasteiger partial charge in [-0.3, -0.25) is 0 Å². The Balaban J connectivity index is 2.67. The lowest BCUT2D eigenvalue weighted by atomic mass is 9.93. The van der Waals surface area contributed by atoms with Crippen LogP contribution >= 0.6 is 0 Å². The van der Waals surface area contributed by atoms with Gasteiger partial charge in [-0.05, 0) is 32.0 Å². The molecule has 0 aliphatic carbocycles. The summed E-state index contributed by atoms with van der Waals surface area (Å²) in [6, 6.07) is 9.97. The summed E-state index contributed by atoms with van der Waals surface area (Å²) in [5.74, 6) is 0. The molecule has 0 bridgehead atoms. The van der Waals surface area contributed by atoms with Gasteiger partial charge in [0.1, 0.15) is 0 Å². The molecule has 0 radical (unpaired) electrons. The number of hydrogen-bond acceptors (Lipinski definition) is 3. The van der Waals surface area contributed by atoms with Gasteiger partial charge < -0.3 is 16.2 Å². The van der Waals surface area contributed by atoms with Gasteiger partial charge in [-0.1, -0.05) is 30.3 Å². The van der Waals surface area contributed by atoms with Crippen molar-refractivity contribution in [1.29, 1.82) is 0 Å². The van der Waals surface area contributed by atoms with Crippen LogP contribution in [-0.4, -0.2) is 24.8 Å². The second kappa shape index (κ2) is 5.85. The van der Waals surface area contributed by atoms with Crippen molar-refractivity contribution in [2.24, 2.45) is 5.73 Å². The first kappa shape index (κ1) is 12.2. The third kappa shape index (κ3) is 3.30. The van der Waals surface area contributed by atoms with Gasteiger partial charge >= 0.3 is 0 Å². The quantitative estimate of drug-likeness (QED) is 0.607. The van der Waals surface area contributed by atoms with Crippen LogP contribution in [0.4, 0.5) is 0 Å². The largest absolute Gasteiger partial charge is 0.394 e. The Morgan fingerprint density at radius 2 is 2.00 bits per heavy atom. The van der Waals surface area contributed by atoms with E-state index in [1.165, 1.54) is 0 Å². The van der Waals surface area contributed by atoms with E-state index in [-0.39, 0.29) is 12.1 Å². The van der Waals surface area contributed by atoms with E-state index < -0.39 is 0 Å². The van der Waals surface area contributed by atoms with E-state index >= 15 is 0 Å². The number of benzene rings is 1. The zero-order valence-electron chi connectivity index (χ0n) is 9.24. The molecule has 84 valence electrons. The van der Waals surface area contributed by atoms with Crippen LogP contribution in [0.15, 0.2) is 30.3 Å². The van der Waals surface area contributed by atoms with E-state index in [2.05, 4.69) is 5.32 Å². The summed E-state index contributed by atoms with van der Waals surface area (Å²) in [5.41, 5.74) is 6.17. The summed E-state index contributed by atoms with van der Waals surface area (Å²) in [5, 5.41) is 12.8. The van der Waals surface area contributed by atoms with Crippen LogP contribution in [0.1, 0.15) is 18.9 Å². The van der Waals surface area contributed by atoms with Crippen LogP contribution in [0.3, 0.4) is 0 Å². The number of rotatable bonds is 6. The molecule has 0 aliphatic heterocycles. The minimum atomic E-state index is -0.365. The van der Waals surface area contributed by atoms with Gasteiger partial charge in [-0.2, -0.15) is 0 Å². The van der Waals surface area contributed by atoms with E-state index in [1.807, 2.05) is 37.3 Å². The highest BCUT2D eigenvalue weighted by atomic mass is 16.3. The molecule has 15 heavy (non-hydrogen) atoms. The fourth-order valence-electron chi connectivity index (χ4n) is 1.52. The average Bonchev–Trinajstić information content (AvgIpc) is 2.30. The van der Waals surface area contributed by atoms with E-state index in [9.17, 15) is 5.11 Å². The minimum absolute atomic E-state index is 0.0849. The highest BCUT2D eigenvalue weighted by Crippen LogP contribution is 2.19. The van der Waals surface area contributed by atoms with Gasteiger partial charge in [0, 0.05) is 0 Å². The van der Waals surface area contributed by atoms with Gasteiger partial charge in [-0.25, -0.2) is 0 Å². The Kier molecular flexibility index (Phi) is 4.75. The fraction of sp³-hybridized carbons (Fsp3) is 0.500. The predicted octanol–water partition coefficient (Wildman–Crippen LogP) is 0.833. The normalized spacial score (nSPS) is 14.9. The van der Waals surface area contributed by atoms with Crippen LogP contribution in [0.25, 0.3) is 0 Å². The summed E-state index contributed by atoms with van der Waals surface area (Å²) in [6.07, 6.45) is 0.919. The first-order chi connectivity index (χ1) is 7.23. The van der Waals surface area contributed by atoms with Crippen LogP contribution < -0.4 is 11.1 Å². The molecule has 1 rings (SSSR count). The predicted molar refractivity (Wildman–Crippen MR) is 62.6 cm³/mol. The van der Waals surface area contributed by atoms with Gasteiger partial charge in [0.05, 0.1) is 12.1 Å². The number of aliphatic hydroxyl groups is 1. The van der Waals surface area contributed by atoms with E-state index in [1.54, 1.807) is 0 Å². The molecule has 0 saturated carbocycles. The molecule has 3 heteroatoms. The molecule has 0 spiro atoms. The molecular formula is C12H20N2O. The number of hydrogen-bond donors (Lipinski definition) is 3. The zero-order valence-corrected chi connectivity index (χ0v) is 9.24. The molecule has 0 fully saturated rings. The second-order valence-electron chi connectivity index (χ2n) is 3.93. The van der Waals surface area contributed by atoms with Crippen LogP contribution in [0.5, 0.6) is 0 Å². The maximum atomic E-state index is 9.44. The number of nitrogens with two attached hydrogens (primary N) is 1. The molecule has 0 saturated heterocycles. The van der Waals surface area contributed by atoms with E-state index in [4.69, 9.17) is 5.73 Å². The maximum Gasteiger partial charge on any atom is 0.0652 e. The Morgan fingerprint density at radius 1 is 1.33 bits per heavy atom. The van der Waals surface area contributed by atoms with Crippen molar-refractivity contribution in [3.8, 4) is 0 Å². The summed E-state index contributed by atoms with van der Waals surface area (Å²) >= 11 is 0. The summed E-state index contributed by atoms with van der Waals surface area (Å²) in [4.78, 5) is 0. The van der Waals surface area contributed by atoms with Crippen molar-refractivity contribution >= 4 is 0 Å². The Labute approximate surface area is 91.3 Å². The Bertz CT molecular complexity index is 276. The number of aliphatic hydroxyl groups excluding tert-OH is 1. The highest BCUT2D eigenvalue weighted by molar-refractivity contribution is 5.23. The third-order valence-corrected chi connectivity index (χ3v) is 2.62. The molecule has 0 heterocycles. The van der Waals surface area contributed by atoms with Crippen molar-refractivity contribution in [3.05, 3.63) is 35.9 Å². The summed E-state index contributed by atoms with van der Waals surface area (Å²) in [6.45, 7) is 3.58. The smallest absolute Gasteiger partial charge is 0.0652 e. The summed E-state index contributed by atoms with van der Waals surface area (Å²) in [7, 11) is 0. The monoisotopic (exact) mass is 208 g/mol. The van der Waals surface area contributed by atoms with Crippen molar-refractivity contribution in [2.75, 3.05) is 19.7 Å². The van der Waals surface area contributed by atoms with E-state index in [0.29, 0.717) is 6.54 Å². The van der Waals surface area contributed by atoms with Crippen LogP contribution in [-0.2, 0) is 5.54 Å². The zero-order chi connectivity index (χ0) is 11.1. The Hall–Kier alpha value is -0.900. The van der Waals surface area contributed by atoms with Crippen molar-refractivity contribution < 1.29 is 5.11 Å². The average molecular weight is 208 g/mol. The SMILES string of the molecule is CC(CO)(NCCCN)c1ccccc1. The topological polar surface area (TPSA) is 58.3 Å². The molecule has 1 atom stereocenters. The molecule has 1 unspecified atom stereocenters. The molecule has 4 N–H and O–H groups in total. The second-order valence-corrected chi connectivity index (χ2v) is 3.93. The summed E-state index contributed by atoms with van der Waals surface area (Å²) < 4.78 is 0. The molecule has 1 aromatic rings. The molecule has 0 aliphatic rings. The van der Waals surface area contributed by atoms with Crippen LogP contribution in [0, 0.1) is 0 Å². The lowest BCUT2D eigenvalue weighted by Crippen LogP contribution is -2.43. The molecule has 1 aromatic carbocycles. The van der Waals surface area contributed by atoms with Crippen molar-refractivity contribution in [1.82, 2.24) is 5.32 Å². The first-order valence-electron chi connectivity index (χ1n) is 5.34. The lowest BCUT2D eigenvalue weighted by molar-refractivity contribution is 0.175. The highest BCUT2D eigenvalue weighted by Gasteiger charge is 2.24. The van der Waals surface area contributed by atoms with Gasteiger partial charge in [0.2, 0.25) is 0 Å². The van der Waals surface area contributed by atoms with Crippen molar-refractivity contribution in [3.63, 3.8) is 0 Å². The van der Waals surface area contributed by atoms with Gasteiger partial charge in [-0.15, -0.1) is 0 Å². The first-order valence-corrected chi connectivity index (χ1v) is 5.34. The van der Waals surface area contributed by atoms with E-state index in [0.717, 1.165) is 18.5 Å². The maximum absolute atomic E-state index is 9.44. The molecule has 0 aromatic heterocycles. The fourth-order valence-corrected chi connectivity index (χ4v) is 1.52. The third-order valence-electron chi connectivity index (χ3n) is 2.62. The van der Waals surface area contributed by atoms with Crippen LogP contribution in [0.2, 0.25) is 0 Å². The van der Waals surface area contributed by atoms with Gasteiger partial charge in [0.15, 0.2) is 0 Å². The van der Waals surface area contributed by atoms with Gasteiger partial charge in [0.25, 0.3) is 0 Å². The number of nitrogens with one attached hydrogen (secondary N) is 1.